The first-order valence-electron chi connectivity index (χ1n) is 8.08. The number of nitrogens with one attached hydrogen (secondary N) is 1. The number of halogens is 1. The van der Waals surface area contributed by atoms with Crippen LogP contribution in [0.2, 0.25) is 5.02 Å². The lowest BCUT2D eigenvalue weighted by molar-refractivity contribution is -0.0290. The van der Waals surface area contributed by atoms with Gasteiger partial charge in [0.25, 0.3) is 0 Å². The lowest BCUT2D eigenvalue weighted by Gasteiger charge is -2.43. The molecule has 0 aliphatic carbocycles. The van der Waals surface area contributed by atoms with Crippen LogP contribution < -0.4 is 5.32 Å². The number of carbonyl (C=O) groups is 1. The smallest absolute Gasteiger partial charge is 0.413 e. The topological polar surface area (TPSA) is 54.5 Å². The highest BCUT2D eigenvalue weighted by molar-refractivity contribution is 7.13. The maximum atomic E-state index is 12.3. The van der Waals surface area contributed by atoms with Crippen LogP contribution in [0, 0.1) is 5.92 Å². The maximum absolute atomic E-state index is 12.3. The average molecular weight is 364 g/mol. The average Bonchev–Trinajstić information content (AvgIpc) is 3.04. The third-order valence-electron chi connectivity index (χ3n) is 4.73. The molecule has 2 bridgehead atoms. The van der Waals surface area contributed by atoms with Crippen LogP contribution in [0.3, 0.4) is 0 Å². The molecule has 3 fully saturated rings. The molecule has 1 aromatic carbocycles. The highest BCUT2D eigenvalue weighted by Gasteiger charge is 2.36. The van der Waals surface area contributed by atoms with E-state index in [2.05, 4.69) is 15.2 Å². The number of ether oxygens (including phenoxy) is 1. The van der Waals surface area contributed by atoms with Crippen LogP contribution in [-0.2, 0) is 4.74 Å². The van der Waals surface area contributed by atoms with Crippen LogP contribution in [0.25, 0.3) is 10.4 Å². The second-order valence-electron chi connectivity index (χ2n) is 6.25. The predicted octanol–water partition coefficient (Wildman–Crippen LogP) is 4.11. The number of anilines is 1. The second kappa shape index (κ2) is 6.70. The van der Waals surface area contributed by atoms with Crippen LogP contribution in [0.15, 0.2) is 29.8 Å². The Morgan fingerprint density at radius 3 is 2.92 bits per heavy atom. The van der Waals surface area contributed by atoms with E-state index in [1.54, 1.807) is 5.51 Å². The number of fused-ring (bicyclic) bond motifs is 3. The summed E-state index contributed by atoms with van der Waals surface area (Å²) in [7, 11) is 0. The normalized spacial score (nSPS) is 25.5. The fourth-order valence-electron chi connectivity index (χ4n) is 3.48. The van der Waals surface area contributed by atoms with Crippen molar-refractivity contribution in [3.63, 3.8) is 0 Å². The Hall–Kier alpha value is -1.63. The summed E-state index contributed by atoms with van der Waals surface area (Å²) >= 11 is 7.52. The van der Waals surface area contributed by atoms with Gasteiger partial charge >= 0.3 is 6.09 Å². The standard InChI is InChI=1S/C17H18ClN3O2S/c18-13-3-1-2-12(8-13)15-16(19-10-24-15)20-17(22)23-14-9-21-6-4-11(14)5-7-21/h1-3,8,10-11,14H,4-7,9H2,(H,20,22)/t14-/m0/s1. The van der Waals surface area contributed by atoms with Crippen molar-refractivity contribution < 1.29 is 9.53 Å². The van der Waals surface area contributed by atoms with E-state index in [0.717, 1.165) is 42.9 Å². The van der Waals surface area contributed by atoms with E-state index >= 15 is 0 Å². The predicted molar refractivity (Wildman–Crippen MR) is 95.6 cm³/mol. The summed E-state index contributed by atoms with van der Waals surface area (Å²) in [6.45, 7) is 3.09. The Bertz CT molecular complexity index is 743. The van der Waals surface area contributed by atoms with Crippen LogP contribution >= 0.6 is 22.9 Å². The van der Waals surface area contributed by atoms with Crippen LogP contribution in [0.1, 0.15) is 12.8 Å². The molecule has 1 N–H and O–H groups in total. The Balaban J connectivity index is 1.44. The van der Waals surface area contributed by atoms with Gasteiger partial charge in [-0.05, 0) is 49.5 Å². The number of thiazole rings is 1. The van der Waals surface area contributed by atoms with E-state index in [-0.39, 0.29) is 6.10 Å². The van der Waals surface area contributed by atoms with Gasteiger partial charge in [-0.3, -0.25) is 10.2 Å². The van der Waals surface area contributed by atoms with Crippen molar-refractivity contribution >= 4 is 34.8 Å². The van der Waals surface area contributed by atoms with Gasteiger partial charge in [0.05, 0.1) is 10.4 Å². The molecular formula is C17H18ClN3O2S. The van der Waals surface area contributed by atoms with Crippen molar-refractivity contribution in [3.05, 3.63) is 34.8 Å². The van der Waals surface area contributed by atoms with Crippen LogP contribution in [0.5, 0.6) is 0 Å². The molecular weight excluding hydrogens is 346 g/mol. The molecule has 3 aliphatic rings. The van der Waals surface area contributed by atoms with E-state index in [1.807, 2.05) is 24.3 Å². The number of rotatable bonds is 3. The summed E-state index contributed by atoms with van der Waals surface area (Å²) in [6, 6.07) is 7.51. The van der Waals surface area contributed by atoms with E-state index in [1.165, 1.54) is 11.3 Å². The van der Waals surface area contributed by atoms with Gasteiger partial charge in [-0.2, -0.15) is 0 Å². The summed E-state index contributed by atoms with van der Waals surface area (Å²) < 4.78 is 5.66. The number of carbonyl (C=O) groups excluding carboxylic acids is 1. The minimum absolute atomic E-state index is 0.0132. The number of aromatic nitrogens is 1. The second-order valence-corrected chi connectivity index (χ2v) is 7.54. The molecule has 126 valence electrons. The third-order valence-corrected chi connectivity index (χ3v) is 5.84. The minimum Gasteiger partial charge on any atom is -0.444 e. The van der Waals surface area contributed by atoms with E-state index in [0.29, 0.717) is 16.8 Å². The molecule has 4 heterocycles. The highest BCUT2D eigenvalue weighted by Crippen LogP contribution is 2.33. The minimum atomic E-state index is -0.428. The first kappa shape index (κ1) is 15.9. The molecule has 24 heavy (non-hydrogen) atoms. The number of piperidine rings is 3. The molecule has 1 aromatic heterocycles. The lowest BCUT2D eigenvalue weighted by Crippen LogP contribution is -2.52. The van der Waals surface area contributed by atoms with Crippen molar-refractivity contribution in [2.75, 3.05) is 25.0 Å². The maximum Gasteiger partial charge on any atom is 0.413 e. The third kappa shape index (κ3) is 3.27. The van der Waals surface area contributed by atoms with Crippen molar-refractivity contribution in [3.8, 4) is 10.4 Å². The molecule has 2 aromatic rings. The first-order chi connectivity index (χ1) is 11.7. The summed E-state index contributed by atoms with van der Waals surface area (Å²) in [5.41, 5.74) is 2.64. The molecule has 0 unspecified atom stereocenters. The van der Waals surface area contributed by atoms with Gasteiger partial charge in [-0.15, -0.1) is 11.3 Å². The zero-order valence-corrected chi connectivity index (χ0v) is 14.6. The molecule has 7 heteroatoms. The highest BCUT2D eigenvalue weighted by atomic mass is 35.5. The number of hydrogen-bond donors (Lipinski definition) is 1. The van der Waals surface area contributed by atoms with Crippen molar-refractivity contribution in [1.82, 2.24) is 9.88 Å². The number of benzene rings is 1. The van der Waals surface area contributed by atoms with Crippen molar-refractivity contribution in [1.29, 1.82) is 0 Å². The largest absolute Gasteiger partial charge is 0.444 e. The van der Waals surface area contributed by atoms with Crippen LogP contribution in [-0.4, -0.2) is 41.7 Å². The molecule has 5 nitrogen and oxygen atoms in total. The van der Waals surface area contributed by atoms with E-state index in [9.17, 15) is 4.79 Å². The molecule has 1 amide bonds. The van der Waals surface area contributed by atoms with Gasteiger partial charge in [-0.1, -0.05) is 23.7 Å². The number of hydrogen-bond acceptors (Lipinski definition) is 5. The van der Waals surface area contributed by atoms with E-state index < -0.39 is 6.09 Å². The molecule has 0 radical (unpaired) electrons. The fourth-order valence-corrected chi connectivity index (χ4v) is 4.41. The molecule has 0 spiro atoms. The van der Waals surface area contributed by atoms with Gasteiger partial charge in [0.2, 0.25) is 0 Å². The monoisotopic (exact) mass is 363 g/mol. The van der Waals surface area contributed by atoms with E-state index in [4.69, 9.17) is 16.3 Å². The summed E-state index contributed by atoms with van der Waals surface area (Å²) in [6.07, 6.45) is 1.79. The molecule has 5 rings (SSSR count). The van der Waals surface area contributed by atoms with Gasteiger partial charge in [0.15, 0.2) is 5.82 Å². The SMILES string of the molecule is O=C(Nc1ncsc1-c1cccc(Cl)c1)O[C@H]1CN2CCC1CC2. The molecule has 1 atom stereocenters. The Kier molecular flexibility index (Phi) is 4.43. The lowest BCUT2D eigenvalue weighted by atomic mass is 9.86. The van der Waals surface area contributed by atoms with Crippen molar-refractivity contribution in [2.45, 2.75) is 18.9 Å². The molecule has 3 saturated heterocycles. The van der Waals surface area contributed by atoms with Gasteiger partial charge in [-0.25, -0.2) is 9.78 Å². The quantitative estimate of drug-likeness (QED) is 0.891. The summed E-state index contributed by atoms with van der Waals surface area (Å²) in [5.74, 6) is 1.01. The summed E-state index contributed by atoms with van der Waals surface area (Å²) in [4.78, 5) is 19.8. The van der Waals surface area contributed by atoms with Crippen molar-refractivity contribution in [2.24, 2.45) is 5.92 Å². The Morgan fingerprint density at radius 1 is 1.38 bits per heavy atom. The Morgan fingerprint density at radius 2 is 2.21 bits per heavy atom. The van der Waals surface area contributed by atoms with Gasteiger partial charge < -0.3 is 4.74 Å². The Labute approximate surface area is 149 Å². The molecule has 0 saturated carbocycles. The fraction of sp³-hybridized carbons (Fsp3) is 0.412. The van der Waals surface area contributed by atoms with Gasteiger partial charge in [0.1, 0.15) is 6.10 Å². The zero-order valence-electron chi connectivity index (χ0n) is 13.1. The van der Waals surface area contributed by atoms with Gasteiger partial charge in [0, 0.05) is 11.6 Å². The first-order valence-corrected chi connectivity index (χ1v) is 9.34. The molecule has 3 aliphatic heterocycles. The van der Waals surface area contributed by atoms with Crippen LogP contribution in [0.4, 0.5) is 10.6 Å². The number of amides is 1. The summed E-state index contributed by atoms with van der Waals surface area (Å²) in [5, 5.41) is 3.45. The number of nitrogens with zero attached hydrogens (tertiary/aromatic N) is 2. The zero-order chi connectivity index (χ0) is 16.5.